The van der Waals surface area contributed by atoms with Crippen LogP contribution < -0.4 is 10.5 Å². The molecule has 4 nitrogen and oxygen atoms in total. The molecule has 0 bridgehead atoms. The van der Waals surface area contributed by atoms with Crippen molar-refractivity contribution in [1.82, 2.24) is 4.72 Å². The van der Waals surface area contributed by atoms with Crippen LogP contribution in [0.3, 0.4) is 0 Å². The normalized spacial score (nSPS) is 15.7. The number of sulfonamides is 1. The highest BCUT2D eigenvalue weighted by Crippen LogP contribution is 2.33. The van der Waals surface area contributed by atoms with Crippen molar-refractivity contribution in [1.29, 1.82) is 0 Å². The molecule has 0 aliphatic heterocycles. The molecule has 0 amide bonds. The van der Waals surface area contributed by atoms with E-state index in [0.29, 0.717) is 12.3 Å². The number of nitrogens with two attached hydrogens (primary N) is 1. The van der Waals surface area contributed by atoms with Gasteiger partial charge < -0.3 is 5.73 Å². The molecular formula is C12H16F2N2O2S. The molecule has 1 aliphatic carbocycles. The van der Waals surface area contributed by atoms with E-state index in [0.717, 1.165) is 18.6 Å². The predicted molar refractivity (Wildman–Crippen MR) is 67.9 cm³/mol. The third-order valence-corrected chi connectivity index (χ3v) is 4.55. The molecule has 0 heterocycles. The molecule has 19 heavy (non-hydrogen) atoms. The van der Waals surface area contributed by atoms with Gasteiger partial charge in [-0.3, -0.25) is 0 Å². The van der Waals surface area contributed by atoms with Crippen LogP contribution >= 0.6 is 0 Å². The van der Waals surface area contributed by atoms with Crippen LogP contribution in [0.2, 0.25) is 0 Å². The third-order valence-electron chi connectivity index (χ3n) is 3.08. The highest BCUT2D eigenvalue weighted by atomic mass is 32.2. The molecule has 3 N–H and O–H groups in total. The van der Waals surface area contributed by atoms with Gasteiger partial charge in [0, 0.05) is 12.2 Å². The first-order chi connectivity index (χ1) is 8.90. The smallest absolute Gasteiger partial charge is 0.243 e. The Balaban J connectivity index is 2.05. The van der Waals surface area contributed by atoms with E-state index in [1.165, 1.54) is 12.8 Å². The van der Waals surface area contributed by atoms with Crippen LogP contribution in [0.1, 0.15) is 25.7 Å². The molecule has 0 aromatic heterocycles. The van der Waals surface area contributed by atoms with Crippen molar-refractivity contribution in [2.24, 2.45) is 5.92 Å². The Hall–Kier alpha value is -1.21. The van der Waals surface area contributed by atoms with E-state index in [-0.39, 0.29) is 12.2 Å². The number of hydrogen-bond acceptors (Lipinski definition) is 3. The first-order valence-electron chi connectivity index (χ1n) is 6.14. The van der Waals surface area contributed by atoms with Crippen molar-refractivity contribution in [2.45, 2.75) is 30.6 Å². The molecule has 0 saturated heterocycles. The largest absolute Gasteiger partial charge is 0.399 e. The maximum absolute atomic E-state index is 13.5. The lowest BCUT2D eigenvalue weighted by molar-refractivity contribution is 0.483. The van der Waals surface area contributed by atoms with Gasteiger partial charge in [-0.15, -0.1) is 0 Å². The van der Waals surface area contributed by atoms with Crippen LogP contribution in [-0.2, 0) is 10.0 Å². The fourth-order valence-corrected chi connectivity index (χ4v) is 3.05. The van der Waals surface area contributed by atoms with Gasteiger partial charge in [0.2, 0.25) is 10.0 Å². The number of halogens is 2. The van der Waals surface area contributed by atoms with Crippen molar-refractivity contribution in [2.75, 3.05) is 12.3 Å². The Kier molecular flexibility index (Phi) is 4.05. The van der Waals surface area contributed by atoms with E-state index in [1.54, 1.807) is 0 Å². The molecular weight excluding hydrogens is 274 g/mol. The minimum absolute atomic E-state index is 0.128. The van der Waals surface area contributed by atoms with Crippen LogP contribution in [0, 0.1) is 17.6 Å². The summed E-state index contributed by atoms with van der Waals surface area (Å²) < 4.78 is 52.6. The van der Waals surface area contributed by atoms with Crippen molar-refractivity contribution in [3.8, 4) is 0 Å². The topological polar surface area (TPSA) is 72.2 Å². The summed E-state index contributed by atoms with van der Waals surface area (Å²) >= 11 is 0. The average molecular weight is 290 g/mol. The van der Waals surface area contributed by atoms with Gasteiger partial charge in [-0.1, -0.05) is 12.8 Å². The summed E-state index contributed by atoms with van der Waals surface area (Å²) in [5.41, 5.74) is 5.20. The van der Waals surface area contributed by atoms with Gasteiger partial charge in [-0.05, 0) is 30.9 Å². The lowest BCUT2D eigenvalue weighted by atomic mass is 10.2. The highest BCUT2D eigenvalue weighted by Gasteiger charge is 2.23. The quantitative estimate of drug-likeness (QED) is 0.622. The molecule has 2 rings (SSSR count). The highest BCUT2D eigenvalue weighted by molar-refractivity contribution is 7.89. The molecule has 0 unspecified atom stereocenters. The summed E-state index contributed by atoms with van der Waals surface area (Å²) in [6.45, 7) is 0.217. The van der Waals surface area contributed by atoms with Gasteiger partial charge in [0.15, 0.2) is 11.6 Å². The molecule has 0 atom stereocenters. The standard InChI is InChI=1S/C12H16F2N2O2S/c13-10-6-9(15)7-11(12(10)14)19(17,18)16-5-1-2-8-3-4-8/h6-8,16H,1-5,15H2. The molecule has 1 fully saturated rings. The number of benzene rings is 1. The molecule has 106 valence electrons. The molecule has 1 aromatic carbocycles. The first-order valence-corrected chi connectivity index (χ1v) is 7.62. The van der Waals surface area contributed by atoms with Crippen molar-refractivity contribution in [3.05, 3.63) is 23.8 Å². The van der Waals surface area contributed by atoms with Crippen LogP contribution in [-0.4, -0.2) is 15.0 Å². The van der Waals surface area contributed by atoms with E-state index in [2.05, 4.69) is 4.72 Å². The Bertz CT molecular complexity index is 571. The Morgan fingerprint density at radius 1 is 1.32 bits per heavy atom. The second-order valence-electron chi connectivity index (χ2n) is 4.80. The number of hydrogen-bond donors (Lipinski definition) is 2. The summed E-state index contributed by atoms with van der Waals surface area (Å²) in [6, 6.07) is 1.67. The fraction of sp³-hybridized carbons (Fsp3) is 0.500. The maximum Gasteiger partial charge on any atom is 0.243 e. The Labute approximate surface area is 111 Å². The van der Waals surface area contributed by atoms with Crippen molar-refractivity contribution < 1.29 is 17.2 Å². The molecule has 1 saturated carbocycles. The van der Waals surface area contributed by atoms with Crippen LogP contribution in [0.5, 0.6) is 0 Å². The predicted octanol–water partition coefficient (Wildman–Crippen LogP) is 2.02. The maximum atomic E-state index is 13.5. The molecule has 1 aromatic rings. The zero-order valence-electron chi connectivity index (χ0n) is 10.3. The molecule has 0 radical (unpaired) electrons. The zero-order chi connectivity index (χ0) is 14.0. The lowest BCUT2D eigenvalue weighted by Gasteiger charge is -2.09. The first kappa shape index (κ1) is 14.2. The van der Waals surface area contributed by atoms with E-state index in [1.807, 2.05) is 0 Å². The summed E-state index contributed by atoms with van der Waals surface area (Å²) in [5.74, 6) is -1.96. The van der Waals surface area contributed by atoms with Crippen LogP contribution in [0.15, 0.2) is 17.0 Å². The van der Waals surface area contributed by atoms with E-state index >= 15 is 0 Å². The monoisotopic (exact) mass is 290 g/mol. The van der Waals surface area contributed by atoms with Crippen molar-refractivity contribution in [3.63, 3.8) is 0 Å². The van der Waals surface area contributed by atoms with Gasteiger partial charge >= 0.3 is 0 Å². The van der Waals surface area contributed by atoms with E-state index in [4.69, 9.17) is 5.73 Å². The summed E-state index contributed by atoms with van der Waals surface area (Å²) in [7, 11) is -4.06. The summed E-state index contributed by atoms with van der Waals surface area (Å²) in [4.78, 5) is -0.739. The van der Waals surface area contributed by atoms with Crippen LogP contribution in [0.25, 0.3) is 0 Å². The molecule has 1 aliphatic rings. The zero-order valence-corrected chi connectivity index (χ0v) is 11.1. The van der Waals surface area contributed by atoms with Gasteiger partial charge in [0.25, 0.3) is 0 Å². The summed E-state index contributed by atoms with van der Waals surface area (Å²) in [6.07, 6.45) is 4.04. The minimum Gasteiger partial charge on any atom is -0.399 e. The van der Waals surface area contributed by atoms with Gasteiger partial charge in [0.05, 0.1) is 0 Å². The van der Waals surface area contributed by atoms with E-state index in [9.17, 15) is 17.2 Å². The van der Waals surface area contributed by atoms with Crippen molar-refractivity contribution >= 4 is 15.7 Å². The number of nitrogen functional groups attached to an aromatic ring is 1. The fourth-order valence-electron chi connectivity index (χ4n) is 1.86. The molecule has 0 spiro atoms. The lowest BCUT2D eigenvalue weighted by Crippen LogP contribution is -2.26. The second kappa shape index (κ2) is 5.42. The van der Waals surface area contributed by atoms with Gasteiger partial charge in [0.1, 0.15) is 4.90 Å². The molecule has 7 heteroatoms. The Morgan fingerprint density at radius 2 is 2.00 bits per heavy atom. The van der Waals surface area contributed by atoms with Crippen LogP contribution in [0.4, 0.5) is 14.5 Å². The SMILES string of the molecule is Nc1cc(F)c(F)c(S(=O)(=O)NCCCC2CC2)c1. The minimum atomic E-state index is -4.06. The number of rotatable bonds is 6. The van der Waals surface area contributed by atoms with E-state index < -0.39 is 26.6 Å². The second-order valence-corrected chi connectivity index (χ2v) is 6.53. The number of nitrogens with one attached hydrogen (secondary N) is 1. The Morgan fingerprint density at radius 3 is 2.63 bits per heavy atom. The average Bonchev–Trinajstić information content (AvgIpc) is 3.13. The number of anilines is 1. The third kappa shape index (κ3) is 3.63. The van der Waals surface area contributed by atoms with Gasteiger partial charge in [-0.2, -0.15) is 0 Å². The van der Waals surface area contributed by atoms with Gasteiger partial charge in [-0.25, -0.2) is 21.9 Å². The summed E-state index contributed by atoms with van der Waals surface area (Å²) in [5, 5.41) is 0.